The quantitative estimate of drug-likeness (QED) is 0.169. The second-order valence-electron chi connectivity index (χ2n) is 11.4. The fraction of sp³-hybridized carbons (Fsp3) is 0.964. The predicted molar refractivity (Wildman–Crippen MR) is 135 cm³/mol. The Bertz CT molecular complexity index is 454. The molecule has 1 rings (SSSR count). The molecule has 3 nitrogen and oxygen atoms in total. The van der Waals surface area contributed by atoms with Crippen LogP contribution < -0.4 is 0 Å². The number of carbonyl (C=O) groups is 1. The van der Waals surface area contributed by atoms with Crippen molar-refractivity contribution in [3.05, 3.63) is 0 Å². The van der Waals surface area contributed by atoms with Gasteiger partial charge in [-0.25, -0.2) is 0 Å². The first kappa shape index (κ1) is 28.5. The molecule has 0 bridgehead atoms. The van der Waals surface area contributed by atoms with Crippen molar-refractivity contribution in [2.24, 2.45) is 0 Å². The van der Waals surface area contributed by atoms with Gasteiger partial charge in [0.05, 0.1) is 0 Å². The van der Waals surface area contributed by atoms with E-state index in [1.165, 1.54) is 83.5 Å². The van der Waals surface area contributed by atoms with Crippen molar-refractivity contribution < 1.29 is 9.53 Å². The van der Waals surface area contributed by atoms with E-state index in [9.17, 15) is 4.79 Å². The number of esters is 1. The highest BCUT2D eigenvalue weighted by molar-refractivity contribution is 5.69. The number of unbranched alkanes of at least 4 members (excludes halogenated alkanes) is 14. The molecule has 0 radical (unpaired) electrons. The molecule has 0 unspecified atom stereocenters. The standard InChI is InChI=1S/C28H55NO2/c1-7-8-9-10-11-12-13-14-15-16-17-18-19-20-21-22-26(30)31-25-23-27(2,3)29(6)28(4,5)24-25/h25H,7-24H2,1-6H3. The van der Waals surface area contributed by atoms with E-state index in [2.05, 4.69) is 46.6 Å². The first-order chi connectivity index (χ1) is 14.7. The molecule has 0 aromatic rings. The zero-order valence-electron chi connectivity index (χ0n) is 22.1. The van der Waals surface area contributed by atoms with E-state index in [1.807, 2.05) is 0 Å². The van der Waals surface area contributed by atoms with Crippen LogP contribution in [0.4, 0.5) is 0 Å². The number of ether oxygens (including phenoxy) is 1. The molecular formula is C28H55NO2. The Kier molecular flexibility index (Phi) is 14.0. The summed E-state index contributed by atoms with van der Waals surface area (Å²) in [6.07, 6.45) is 22.8. The van der Waals surface area contributed by atoms with Gasteiger partial charge in [-0.2, -0.15) is 0 Å². The summed E-state index contributed by atoms with van der Waals surface area (Å²) in [6, 6.07) is 0. The van der Waals surface area contributed by atoms with Gasteiger partial charge in [-0.05, 0) is 41.2 Å². The first-order valence-corrected chi connectivity index (χ1v) is 13.6. The third-order valence-electron chi connectivity index (χ3n) is 7.55. The maximum absolute atomic E-state index is 12.3. The number of likely N-dealkylation sites (tertiary alicyclic amines) is 1. The highest BCUT2D eigenvalue weighted by atomic mass is 16.5. The van der Waals surface area contributed by atoms with E-state index >= 15 is 0 Å². The summed E-state index contributed by atoms with van der Waals surface area (Å²) >= 11 is 0. The maximum Gasteiger partial charge on any atom is 0.306 e. The number of rotatable bonds is 17. The SMILES string of the molecule is CCCCCCCCCCCCCCCCCC(=O)OC1CC(C)(C)N(C)C(C)(C)C1. The van der Waals surface area contributed by atoms with Crippen LogP contribution in [-0.4, -0.2) is 35.1 Å². The summed E-state index contributed by atoms with van der Waals surface area (Å²) in [6.45, 7) is 11.3. The van der Waals surface area contributed by atoms with E-state index < -0.39 is 0 Å². The first-order valence-electron chi connectivity index (χ1n) is 13.6. The smallest absolute Gasteiger partial charge is 0.306 e. The topological polar surface area (TPSA) is 29.5 Å². The van der Waals surface area contributed by atoms with Crippen molar-refractivity contribution in [3.63, 3.8) is 0 Å². The van der Waals surface area contributed by atoms with E-state index in [-0.39, 0.29) is 23.2 Å². The van der Waals surface area contributed by atoms with Gasteiger partial charge in [0, 0.05) is 30.3 Å². The Labute approximate surface area is 195 Å². The lowest BCUT2D eigenvalue weighted by Crippen LogP contribution is -2.60. The zero-order valence-corrected chi connectivity index (χ0v) is 22.1. The minimum absolute atomic E-state index is 0.0100. The Morgan fingerprint density at radius 1 is 0.710 bits per heavy atom. The van der Waals surface area contributed by atoms with Crippen molar-refractivity contribution >= 4 is 5.97 Å². The van der Waals surface area contributed by atoms with Gasteiger partial charge in [0.1, 0.15) is 6.10 Å². The summed E-state index contributed by atoms with van der Waals surface area (Å²) in [5.41, 5.74) is 0.142. The molecular weight excluding hydrogens is 382 g/mol. The van der Waals surface area contributed by atoms with Crippen LogP contribution in [0.1, 0.15) is 150 Å². The molecule has 1 heterocycles. The monoisotopic (exact) mass is 437 g/mol. The summed E-state index contributed by atoms with van der Waals surface area (Å²) < 4.78 is 5.86. The van der Waals surface area contributed by atoms with Gasteiger partial charge < -0.3 is 4.74 Å². The second kappa shape index (κ2) is 15.3. The second-order valence-corrected chi connectivity index (χ2v) is 11.4. The minimum atomic E-state index is 0.0100. The van der Waals surface area contributed by atoms with Gasteiger partial charge in [-0.3, -0.25) is 9.69 Å². The van der Waals surface area contributed by atoms with Crippen LogP contribution in [0.5, 0.6) is 0 Å². The van der Waals surface area contributed by atoms with Gasteiger partial charge in [0.2, 0.25) is 0 Å². The van der Waals surface area contributed by atoms with Crippen LogP contribution in [0, 0.1) is 0 Å². The molecule has 0 aromatic carbocycles. The lowest BCUT2D eigenvalue weighted by Gasteiger charge is -2.53. The Morgan fingerprint density at radius 3 is 1.45 bits per heavy atom. The molecule has 0 amide bonds. The molecule has 31 heavy (non-hydrogen) atoms. The number of hydrogen-bond donors (Lipinski definition) is 0. The fourth-order valence-corrected chi connectivity index (χ4v) is 5.25. The maximum atomic E-state index is 12.3. The molecule has 1 fully saturated rings. The van der Waals surface area contributed by atoms with Crippen molar-refractivity contribution in [1.82, 2.24) is 4.90 Å². The van der Waals surface area contributed by atoms with Crippen molar-refractivity contribution in [2.45, 2.75) is 167 Å². The van der Waals surface area contributed by atoms with E-state index in [1.54, 1.807) is 0 Å². The van der Waals surface area contributed by atoms with E-state index in [0.717, 1.165) is 25.7 Å². The number of hydrogen-bond acceptors (Lipinski definition) is 3. The lowest BCUT2D eigenvalue weighted by molar-refractivity contribution is -0.159. The average Bonchev–Trinajstić information content (AvgIpc) is 2.68. The molecule has 1 saturated heterocycles. The van der Waals surface area contributed by atoms with Crippen LogP contribution in [0.15, 0.2) is 0 Å². The summed E-state index contributed by atoms with van der Waals surface area (Å²) in [5, 5.41) is 0. The molecule has 1 aliphatic heterocycles. The van der Waals surface area contributed by atoms with E-state index in [0.29, 0.717) is 6.42 Å². The predicted octanol–water partition coefficient (Wildman–Crippen LogP) is 8.44. The molecule has 0 aliphatic carbocycles. The average molecular weight is 438 g/mol. The molecule has 184 valence electrons. The molecule has 0 aromatic heterocycles. The van der Waals surface area contributed by atoms with Crippen molar-refractivity contribution in [2.75, 3.05) is 7.05 Å². The van der Waals surface area contributed by atoms with Gasteiger partial charge in [-0.1, -0.05) is 96.8 Å². The van der Waals surface area contributed by atoms with E-state index in [4.69, 9.17) is 4.74 Å². The van der Waals surface area contributed by atoms with Gasteiger partial charge in [0.15, 0.2) is 0 Å². The molecule has 0 N–H and O–H groups in total. The summed E-state index contributed by atoms with van der Waals surface area (Å²) in [5.74, 6) is 0.0100. The van der Waals surface area contributed by atoms with Crippen molar-refractivity contribution in [1.29, 1.82) is 0 Å². The molecule has 1 aliphatic rings. The van der Waals surface area contributed by atoms with Crippen LogP contribution in [0.25, 0.3) is 0 Å². The van der Waals surface area contributed by atoms with Gasteiger partial charge in [0.25, 0.3) is 0 Å². The van der Waals surface area contributed by atoms with Crippen molar-refractivity contribution in [3.8, 4) is 0 Å². The van der Waals surface area contributed by atoms with Crippen LogP contribution in [0.2, 0.25) is 0 Å². The number of nitrogens with zero attached hydrogens (tertiary/aromatic N) is 1. The number of piperidine rings is 1. The third-order valence-corrected chi connectivity index (χ3v) is 7.55. The minimum Gasteiger partial charge on any atom is -0.462 e. The molecule has 0 atom stereocenters. The fourth-order valence-electron chi connectivity index (χ4n) is 5.25. The molecule has 3 heteroatoms. The molecule has 0 spiro atoms. The number of carbonyl (C=O) groups excluding carboxylic acids is 1. The Morgan fingerprint density at radius 2 is 1.06 bits per heavy atom. The van der Waals surface area contributed by atoms with Gasteiger partial charge in [-0.15, -0.1) is 0 Å². The largest absolute Gasteiger partial charge is 0.462 e. The Hall–Kier alpha value is -0.570. The zero-order chi connectivity index (χ0) is 23.2. The highest BCUT2D eigenvalue weighted by Crippen LogP contribution is 2.38. The lowest BCUT2D eigenvalue weighted by atomic mass is 9.79. The highest BCUT2D eigenvalue weighted by Gasteiger charge is 2.44. The third kappa shape index (κ3) is 12.3. The van der Waals surface area contributed by atoms with Crippen LogP contribution >= 0.6 is 0 Å². The van der Waals surface area contributed by atoms with Crippen LogP contribution in [-0.2, 0) is 9.53 Å². The van der Waals surface area contributed by atoms with Gasteiger partial charge >= 0.3 is 5.97 Å². The normalized spacial score (nSPS) is 18.9. The summed E-state index contributed by atoms with van der Waals surface area (Å²) in [4.78, 5) is 14.7. The Balaban J connectivity index is 1.95. The van der Waals surface area contributed by atoms with Crippen LogP contribution in [0.3, 0.4) is 0 Å². The summed E-state index contributed by atoms with van der Waals surface area (Å²) in [7, 11) is 2.19. The molecule has 0 saturated carbocycles.